The summed E-state index contributed by atoms with van der Waals surface area (Å²) in [6, 6.07) is 8.17. The van der Waals surface area contributed by atoms with E-state index >= 15 is 0 Å². The molecule has 0 aliphatic heterocycles. The van der Waals surface area contributed by atoms with Gasteiger partial charge in [0.2, 0.25) is 12.0 Å². The summed E-state index contributed by atoms with van der Waals surface area (Å²) >= 11 is 0. The largest absolute Gasteiger partial charge is 0.461 e. The summed E-state index contributed by atoms with van der Waals surface area (Å²) in [6.45, 7) is 3.23. The summed E-state index contributed by atoms with van der Waals surface area (Å²) in [5.41, 5.74) is 2.26. The number of pyridine rings is 1. The first kappa shape index (κ1) is 23.2. The van der Waals surface area contributed by atoms with Crippen LogP contribution in [0.1, 0.15) is 11.1 Å². The van der Waals surface area contributed by atoms with Gasteiger partial charge in [-0.05, 0) is 37.6 Å². The van der Waals surface area contributed by atoms with Crippen molar-refractivity contribution in [1.82, 2.24) is 24.7 Å². The summed E-state index contributed by atoms with van der Waals surface area (Å²) in [5, 5.41) is 16.5. The van der Waals surface area contributed by atoms with Gasteiger partial charge in [0, 0.05) is 11.8 Å². The van der Waals surface area contributed by atoms with Crippen molar-refractivity contribution in [2.24, 2.45) is 0 Å². The van der Waals surface area contributed by atoms with Gasteiger partial charge in [0.1, 0.15) is 23.3 Å². The highest BCUT2D eigenvalue weighted by Gasteiger charge is 2.24. The van der Waals surface area contributed by atoms with Crippen molar-refractivity contribution >= 4 is 22.8 Å². The fourth-order valence-electron chi connectivity index (χ4n) is 3.22. The van der Waals surface area contributed by atoms with E-state index in [2.05, 4.69) is 25.4 Å². The summed E-state index contributed by atoms with van der Waals surface area (Å²) in [5.74, 6) is -0.410. The molecule has 4 aromatic rings. The number of aliphatic hydroxyl groups is 1. The Labute approximate surface area is 194 Å². The van der Waals surface area contributed by atoms with Crippen molar-refractivity contribution in [2.75, 3.05) is 25.1 Å². The molecular formula is C23H23FN6O4. The molecule has 0 fully saturated rings. The molecule has 1 unspecified atom stereocenters. The zero-order valence-corrected chi connectivity index (χ0v) is 18.6. The summed E-state index contributed by atoms with van der Waals surface area (Å²) in [6.07, 6.45) is 3.28. The number of nitrogens with one attached hydrogen (secondary N) is 1. The molecule has 1 atom stereocenters. The molecule has 0 spiro atoms. The van der Waals surface area contributed by atoms with Gasteiger partial charge in [-0.25, -0.2) is 24.0 Å². The first-order valence-electron chi connectivity index (χ1n) is 10.5. The zero-order chi connectivity index (χ0) is 24.1. The topological polar surface area (TPSA) is 124 Å². The number of amides is 1. The third kappa shape index (κ3) is 5.00. The number of carbonyl (C=O) groups excluding carboxylic acids is 1. The predicted molar refractivity (Wildman–Crippen MR) is 121 cm³/mol. The number of rotatable bonds is 9. The molecule has 4 rings (SSSR count). The van der Waals surface area contributed by atoms with Crippen molar-refractivity contribution in [1.29, 1.82) is 0 Å². The molecule has 176 valence electrons. The number of benzene rings is 1. The predicted octanol–water partition coefficient (Wildman–Crippen LogP) is 2.36. The smallest absolute Gasteiger partial charge is 0.269 e. The molecule has 0 radical (unpaired) electrons. The number of hydrogen-bond acceptors (Lipinski definition) is 8. The Morgan fingerprint density at radius 2 is 2.03 bits per heavy atom. The van der Waals surface area contributed by atoms with Crippen LogP contribution >= 0.6 is 0 Å². The van der Waals surface area contributed by atoms with E-state index in [-0.39, 0.29) is 31.5 Å². The van der Waals surface area contributed by atoms with Gasteiger partial charge >= 0.3 is 0 Å². The minimum atomic E-state index is -1.10. The molecule has 0 bridgehead atoms. The van der Waals surface area contributed by atoms with Crippen molar-refractivity contribution in [3.8, 4) is 11.6 Å². The van der Waals surface area contributed by atoms with Crippen LogP contribution in [-0.2, 0) is 9.53 Å². The van der Waals surface area contributed by atoms with Crippen molar-refractivity contribution in [3.05, 3.63) is 66.0 Å². The molecule has 0 aliphatic carbocycles. The zero-order valence-electron chi connectivity index (χ0n) is 18.6. The fourth-order valence-corrected chi connectivity index (χ4v) is 3.22. The highest BCUT2D eigenvalue weighted by Crippen LogP contribution is 2.26. The maximum atomic E-state index is 14.1. The molecule has 0 aliphatic rings. The second kappa shape index (κ2) is 10.3. The van der Waals surface area contributed by atoms with Gasteiger partial charge in [0.15, 0.2) is 5.65 Å². The van der Waals surface area contributed by atoms with Gasteiger partial charge < -0.3 is 19.9 Å². The Bertz CT molecular complexity index is 1290. The Balaban J connectivity index is 1.62. The quantitative estimate of drug-likeness (QED) is 0.360. The van der Waals surface area contributed by atoms with Crippen LogP contribution in [0.15, 0.2) is 49.1 Å². The fraction of sp³-hybridized carbons (Fsp3) is 0.261. The maximum absolute atomic E-state index is 14.1. The maximum Gasteiger partial charge on any atom is 0.269 e. The van der Waals surface area contributed by atoms with Crippen LogP contribution in [-0.4, -0.2) is 61.7 Å². The SMILES string of the molecule is Cc1ccc(NC(=O)C(COCCO)Oc2ncnc3c2cnn3-c2cccc(F)c2C)nc1. The highest BCUT2D eigenvalue weighted by atomic mass is 19.1. The number of fused-ring (bicyclic) bond motifs is 1. The lowest BCUT2D eigenvalue weighted by Gasteiger charge is -2.18. The summed E-state index contributed by atoms with van der Waals surface area (Å²) in [7, 11) is 0. The minimum Gasteiger partial charge on any atom is -0.461 e. The normalized spacial score (nSPS) is 12.0. The number of aryl methyl sites for hydroxylation is 1. The van der Waals surface area contributed by atoms with Crippen LogP contribution < -0.4 is 10.1 Å². The molecular weight excluding hydrogens is 443 g/mol. The molecule has 11 heteroatoms. The third-order valence-electron chi connectivity index (χ3n) is 5.01. The van der Waals surface area contributed by atoms with Gasteiger partial charge in [0.05, 0.1) is 31.7 Å². The van der Waals surface area contributed by atoms with Gasteiger partial charge in [-0.1, -0.05) is 12.1 Å². The first-order valence-corrected chi connectivity index (χ1v) is 10.5. The molecule has 3 heterocycles. The van der Waals surface area contributed by atoms with E-state index in [0.717, 1.165) is 5.56 Å². The molecule has 2 N–H and O–H groups in total. The molecule has 1 aromatic carbocycles. The van der Waals surface area contributed by atoms with E-state index in [1.165, 1.54) is 23.3 Å². The lowest BCUT2D eigenvalue weighted by atomic mass is 10.2. The Hall–Kier alpha value is -3.96. The van der Waals surface area contributed by atoms with Crippen molar-refractivity contribution in [2.45, 2.75) is 20.0 Å². The standard InChI is InChI=1S/C23H23FN6O4/c1-14-6-7-20(25-10-14)29-22(32)19(12-33-9-8-31)34-23-16-11-28-30(21(16)26-13-27-23)18-5-3-4-17(24)15(18)2/h3-7,10-11,13,19,31H,8-9,12H2,1-2H3,(H,25,29,32). The van der Waals surface area contributed by atoms with Crippen LogP contribution in [0.5, 0.6) is 5.88 Å². The van der Waals surface area contributed by atoms with E-state index in [4.69, 9.17) is 14.6 Å². The lowest BCUT2D eigenvalue weighted by Crippen LogP contribution is -2.37. The van der Waals surface area contributed by atoms with E-state index in [0.29, 0.717) is 28.1 Å². The Kier molecular flexibility index (Phi) is 7.04. The average molecular weight is 466 g/mol. The number of carbonyl (C=O) groups is 1. The lowest BCUT2D eigenvalue weighted by molar-refractivity contribution is -0.125. The van der Waals surface area contributed by atoms with Crippen LogP contribution in [0.3, 0.4) is 0 Å². The van der Waals surface area contributed by atoms with Crippen LogP contribution in [0.25, 0.3) is 16.7 Å². The molecule has 34 heavy (non-hydrogen) atoms. The van der Waals surface area contributed by atoms with Crippen molar-refractivity contribution < 1.29 is 23.8 Å². The number of aliphatic hydroxyl groups excluding tert-OH is 1. The Morgan fingerprint density at radius 1 is 1.18 bits per heavy atom. The molecule has 1 amide bonds. The van der Waals surface area contributed by atoms with E-state index in [1.807, 2.05) is 13.0 Å². The number of halogens is 1. The van der Waals surface area contributed by atoms with Gasteiger partial charge in [-0.3, -0.25) is 4.79 Å². The molecule has 0 saturated heterocycles. The number of aromatic nitrogens is 5. The second-order valence-corrected chi connectivity index (χ2v) is 7.47. The highest BCUT2D eigenvalue weighted by molar-refractivity contribution is 5.94. The average Bonchev–Trinajstić information content (AvgIpc) is 3.26. The second-order valence-electron chi connectivity index (χ2n) is 7.47. The van der Waals surface area contributed by atoms with Crippen LogP contribution in [0, 0.1) is 19.7 Å². The number of anilines is 1. The number of nitrogens with zero attached hydrogens (tertiary/aromatic N) is 5. The van der Waals surface area contributed by atoms with Gasteiger partial charge in [-0.2, -0.15) is 5.10 Å². The van der Waals surface area contributed by atoms with E-state index in [9.17, 15) is 9.18 Å². The monoisotopic (exact) mass is 466 g/mol. The number of hydrogen-bond donors (Lipinski definition) is 2. The first-order chi connectivity index (χ1) is 16.5. The number of ether oxygens (including phenoxy) is 2. The van der Waals surface area contributed by atoms with Gasteiger partial charge in [0.25, 0.3) is 5.91 Å². The molecule has 3 aromatic heterocycles. The van der Waals surface area contributed by atoms with Crippen LogP contribution in [0.2, 0.25) is 0 Å². The molecule has 10 nitrogen and oxygen atoms in total. The van der Waals surface area contributed by atoms with Crippen molar-refractivity contribution in [3.63, 3.8) is 0 Å². The third-order valence-corrected chi connectivity index (χ3v) is 5.01. The van der Waals surface area contributed by atoms with E-state index < -0.39 is 12.0 Å². The van der Waals surface area contributed by atoms with E-state index in [1.54, 1.807) is 31.3 Å². The van der Waals surface area contributed by atoms with Crippen LogP contribution in [0.4, 0.5) is 10.2 Å². The summed E-state index contributed by atoms with van der Waals surface area (Å²) in [4.78, 5) is 25.5. The van der Waals surface area contributed by atoms with Gasteiger partial charge in [-0.15, -0.1) is 0 Å². The summed E-state index contributed by atoms with van der Waals surface area (Å²) < 4.78 is 26.8. The minimum absolute atomic E-state index is 0.0336. The molecule has 0 saturated carbocycles. The Morgan fingerprint density at radius 3 is 2.79 bits per heavy atom.